The van der Waals surface area contributed by atoms with Crippen molar-refractivity contribution in [1.82, 2.24) is 9.97 Å². The summed E-state index contributed by atoms with van der Waals surface area (Å²) in [6, 6.07) is 6.57. The van der Waals surface area contributed by atoms with Gasteiger partial charge in [-0.05, 0) is 49.3 Å². The summed E-state index contributed by atoms with van der Waals surface area (Å²) in [6.45, 7) is 1.99. The number of halogens is 1. The molecule has 1 aliphatic carbocycles. The maximum absolute atomic E-state index is 13.3. The zero-order valence-electron chi connectivity index (χ0n) is 14.1. The van der Waals surface area contributed by atoms with Crippen LogP contribution in [-0.2, 0) is 0 Å². The van der Waals surface area contributed by atoms with Crippen molar-refractivity contribution in [3.8, 4) is 0 Å². The Kier molecular flexibility index (Phi) is 4.53. The predicted molar refractivity (Wildman–Crippen MR) is 95.0 cm³/mol. The van der Waals surface area contributed by atoms with Crippen LogP contribution in [0.25, 0.3) is 0 Å². The largest absolute Gasteiger partial charge is 0.393 e. The summed E-state index contributed by atoms with van der Waals surface area (Å²) in [5.41, 5.74) is 1.01. The highest BCUT2D eigenvalue weighted by molar-refractivity contribution is 5.62. The zero-order valence-corrected chi connectivity index (χ0v) is 14.1. The van der Waals surface area contributed by atoms with Crippen molar-refractivity contribution in [3.05, 3.63) is 48.0 Å². The lowest BCUT2D eigenvalue weighted by Crippen LogP contribution is -2.36. The highest BCUT2D eigenvalue weighted by atomic mass is 19.1. The number of rotatable bonds is 5. The quantitative estimate of drug-likeness (QED) is 0.874. The molecule has 0 bridgehead atoms. The lowest BCUT2D eigenvalue weighted by Gasteiger charge is -2.39. The summed E-state index contributed by atoms with van der Waals surface area (Å²) in [4.78, 5) is 11.3. The smallest absolute Gasteiger partial charge is 0.171 e. The zero-order chi connectivity index (χ0) is 17.2. The summed E-state index contributed by atoms with van der Waals surface area (Å²) in [5.74, 6) is 1.70. The van der Waals surface area contributed by atoms with Crippen molar-refractivity contribution < 1.29 is 9.50 Å². The summed E-state index contributed by atoms with van der Waals surface area (Å²) in [6.07, 6.45) is 7.01. The van der Waals surface area contributed by atoms with Gasteiger partial charge >= 0.3 is 0 Å². The van der Waals surface area contributed by atoms with Crippen LogP contribution < -0.4 is 10.2 Å². The molecule has 1 aromatic carbocycles. The average Bonchev–Trinajstić information content (AvgIpc) is 3.13. The van der Waals surface area contributed by atoms with Crippen molar-refractivity contribution in [3.63, 3.8) is 0 Å². The van der Waals surface area contributed by atoms with Gasteiger partial charge in [0.25, 0.3) is 0 Å². The van der Waals surface area contributed by atoms with E-state index in [0.717, 1.165) is 43.1 Å². The third kappa shape index (κ3) is 3.44. The SMILES string of the molecule is OC1CC([C@@H](Nc2nccnc2N2CCCC2)c2ccc(F)cc2)C1. The fourth-order valence-electron chi connectivity index (χ4n) is 3.79. The first kappa shape index (κ1) is 16.3. The number of aliphatic hydroxyl groups excluding tert-OH is 1. The lowest BCUT2D eigenvalue weighted by molar-refractivity contribution is 0.0339. The minimum Gasteiger partial charge on any atom is -0.393 e. The minimum atomic E-state index is -0.242. The Morgan fingerprint density at radius 1 is 1.08 bits per heavy atom. The topological polar surface area (TPSA) is 61.3 Å². The molecule has 1 saturated heterocycles. The Hall–Kier alpha value is -2.21. The van der Waals surface area contributed by atoms with Crippen LogP contribution >= 0.6 is 0 Å². The van der Waals surface area contributed by atoms with Crippen LogP contribution in [0.5, 0.6) is 0 Å². The third-order valence-electron chi connectivity index (χ3n) is 5.23. The van der Waals surface area contributed by atoms with Crippen molar-refractivity contribution >= 4 is 11.6 Å². The molecule has 5 nitrogen and oxygen atoms in total. The van der Waals surface area contributed by atoms with Crippen LogP contribution in [0.2, 0.25) is 0 Å². The first-order valence-corrected chi connectivity index (χ1v) is 8.97. The fraction of sp³-hybridized carbons (Fsp3) is 0.474. The summed E-state index contributed by atoms with van der Waals surface area (Å²) in [7, 11) is 0. The van der Waals surface area contributed by atoms with E-state index in [2.05, 4.69) is 20.2 Å². The summed E-state index contributed by atoms with van der Waals surface area (Å²) in [5, 5.41) is 13.3. The molecule has 2 N–H and O–H groups in total. The molecule has 2 aromatic rings. The van der Waals surface area contributed by atoms with E-state index >= 15 is 0 Å². The molecule has 1 atom stereocenters. The van der Waals surface area contributed by atoms with E-state index in [1.165, 1.54) is 25.0 Å². The molecule has 0 unspecified atom stereocenters. The molecule has 4 rings (SSSR count). The van der Waals surface area contributed by atoms with Gasteiger partial charge in [-0.15, -0.1) is 0 Å². The van der Waals surface area contributed by atoms with Crippen molar-refractivity contribution in [2.75, 3.05) is 23.3 Å². The number of aliphatic hydroxyl groups is 1. The van der Waals surface area contributed by atoms with Crippen LogP contribution in [-0.4, -0.2) is 34.3 Å². The molecule has 2 aliphatic rings. The normalized spacial score (nSPS) is 24.0. The number of nitrogens with one attached hydrogen (secondary N) is 1. The monoisotopic (exact) mass is 342 g/mol. The average molecular weight is 342 g/mol. The molecule has 0 amide bonds. The number of hydrogen-bond acceptors (Lipinski definition) is 5. The Labute approximate surface area is 146 Å². The van der Waals surface area contributed by atoms with Gasteiger partial charge in [-0.1, -0.05) is 12.1 Å². The van der Waals surface area contributed by atoms with Gasteiger partial charge in [0, 0.05) is 25.5 Å². The molecule has 132 valence electrons. The maximum Gasteiger partial charge on any atom is 0.171 e. The van der Waals surface area contributed by atoms with Gasteiger partial charge in [0.15, 0.2) is 11.6 Å². The van der Waals surface area contributed by atoms with Crippen molar-refractivity contribution in [2.45, 2.75) is 37.8 Å². The molecular formula is C19H23FN4O. The van der Waals surface area contributed by atoms with Gasteiger partial charge < -0.3 is 15.3 Å². The second-order valence-corrected chi connectivity index (χ2v) is 6.98. The number of hydrogen-bond donors (Lipinski definition) is 2. The van der Waals surface area contributed by atoms with Crippen molar-refractivity contribution in [1.29, 1.82) is 0 Å². The fourth-order valence-corrected chi connectivity index (χ4v) is 3.79. The van der Waals surface area contributed by atoms with Gasteiger partial charge in [0.2, 0.25) is 0 Å². The highest BCUT2D eigenvalue weighted by Gasteiger charge is 2.35. The third-order valence-corrected chi connectivity index (χ3v) is 5.23. The predicted octanol–water partition coefficient (Wildman–Crippen LogP) is 3.14. The van der Waals surface area contributed by atoms with Crippen LogP contribution in [0.15, 0.2) is 36.7 Å². The second-order valence-electron chi connectivity index (χ2n) is 6.98. The van der Waals surface area contributed by atoms with E-state index in [0.29, 0.717) is 5.92 Å². The van der Waals surface area contributed by atoms with Gasteiger partial charge in [-0.2, -0.15) is 0 Å². The summed E-state index contributed by atoms with van der Waals surface area (Å²) >= 11 is 0. The van der Waals surface area contributed by atoms with Crippen LogP contribution in [0.3, 0.4) is 0 Å². The molecule has 6 heteroatoms. The highest BCUT2D eigenvalue weighted by Crippen LogP contribution is 2.41. The molecule has 1 saturated carbocycles. The number of benzene rings is 1. The second kappa shape index (κ2) is 6.96. The van der Waals surface area contributed by atoms with Gasteiger partial charge in [-0.25, -0.2) is 14.4 Å². The van der Waals surface area contributed by atoms with E-state index in [9.17, 15) is 9.50 Å². The van der Waals surface area contributed by atoms with E-state index in [1.54, 1.807) is 12.4 Å². The van der Waals surface area contributed by atoms with Gasteiger partial charge in [0.1, 0.15) is 5.82 Å². The first-order chi connectivity index (χ1) is 12.2. The number of aromatic nitrogens is 2. The van der Waals surface area contributed by atoms with E-state index in [4.69, 9.17) is 0 Å². The minimum absolute atomic E-state index is 0.0120. The van der Waals surface area contributed by atoms with Crippen molar-refractivity contribution in [2.24, 2.45) is 5.92 Å². The standard InChI is InChI=1S/C19H23FN4O/c20-15-5-3-13(4-6-15)17(14-11-16(25)12-14)23-18-19(22-8-7-21-18)24-9-1-2-10-24/h3-8,14,16-17,25H,1-2,9-12H2,(H,21,23)/t14?,16?,17-/m0/s1. The Balaban J connectivity index is 1.61. The van der Waals surface area contributed by atoms with Gasteiger partial charge in [-0.3, -0.25) is 0 Å². The molecule has 2 fully saturated rings. The molecule has 2 heterocycles. The number of anilines is 2. The molecule has 0 radical (unpaired) electrons. The number of nitrogens with zero attached hydrogens (tertiary/aromatic N) is 3. The Morgan fingerprint density at radius 3 is 2.44 bits per heavy atom. The van der Waals surface area contributed by atoms with Gasteiger partial charge in [0.05, 0.1) is 12.1 Å². The maximum atomic E-state index is 13.3. The van der Waals surface area contributed by atoms with Crippen LogP contribution in [0.1, 0.15) is 37.3 Å². The molecular weight excluding hydrogens is 319 g/mol. The molecule has 1 aliphatic heterocycles. The molecule has 0 spiro atoms. The van der Waals surface area contributed by atoms with Crippen LogP contribution in [0, 0.1) is 11.7 Å². The molecule has 25 heavy (non-hydrogen) atoms. The Bertz CT molecular complexity index is 712. The first-order valence-electron chi connectivity index (χ1n) is 8.97. The Morgan fingerprint density at radius 2 is 1.76 bits per heavy atom. The van der Waals surface area contributed by atoms with E-state index in [-0.39, 0.29) is 18.0 Å². The molecule has 1 aromatic heterocycles. The van der Waals surface area contributed by atoms with Crippen LogP contribution in [0.4, 0.5) is 16.0 Å². The van der Waals surface area contributed by atoms with E-state index < -0.39 is 0 Å². The van der Waals surface area contributed by atoms with E-state index in [1.807, 2.05) is 12.1 Å². The summed E-state index contributed by atoms with van der Waals surface area (Å²) < 4.78 is 13.3. The lowest BCUT2D eigenvalue weighted by atomic mass is 9.75.